The van der Waals surface area contributed by atoms with Crippen molar-refractivity contribution in [2.24, 2.45) is 5.92 Å². The van der Waals surface area contributed by atoms with Gasteiger partial charge in [0.2, 0.25) is 0 Å². The Bertz CT molecular complexity index is 1150. The van der Waals surface area contributed by atoms with E-state index >= 15 is 0 Å². The zero-order valence-corrected chi connectivity index (χ0v) is 19.3. The zero-order chi connectivity index (χ0) is 23.4. The summed E-state index contributed by atoms with van der Waals surface area (Å²) >= 11 is 0. The molecule has 1 unspecified atom stereocenters. The first-order valence-electron chi connectivity index (χ1n) is 11.6. The Kier molecular flexibility index (Phi) is 7.28. The molecule has 174 valence electrons. The Morgan fingerprint density at radius 2 is 2.00 bits per heavy atom. The lowest BCUT2D eigenvalue weighted by Crippen LogP contribution is -2.28. The van der Waals surface area contributed by atoms with E-state index in [0.717, 1.165) is 66.7 Å². The van der Waals surface area contributed by atoms with Crippen molar-refractivity contribution in [3.05, 3.63) is 77.4 Å². The smallest absolute Gasteiger partial charge is 0.159 e. The van der Waals surface area contributed by atoms with Gasteiger partial charge < -0.3 is 5.32 Å². The van der Waals surface area contributed by atoms with Gasteiger partial charge in [0.25, 0.3) is 0 Å². The molecule has 5 nitrogen and oxygen atoms in total. The van der Waals surface area contributed by atoms with Gasteiger partial charge in [-0.2, -0.15) is 0 Å². The van der Waals surface area contributed by atoms with E-state index in [4.69, 9.17) is 0 Å². The number of aryl methyl sites for hydroxylation is 1. The maximum atomic E-state index is 13.5. The second-order valence-electron chi connectivity index (χ2n) is 8.96. The largest absolute Gasteiger partial charge is 0.310 e. The Morgan fingerprint density at radius 1 is 1.21 bits per heavy atom. The summed E-state index contributed by atoms with van der Waals surface area (Å²) < 4.78 is 28.5. The van der Waals surface area contributed by atoms with Crippen LogP contribution in [-0.4, -0.2) is 26.4 Å². The first-order chi connectivity index (χ1) is 16.0. The van der Waals surface area contributed by atoms with Crippen LogP contribution >= 0.6 is 0 Å². The van der Waals surface area contributed by atoms with Gasteiger partial charge in [-0.25, -0.2) is 18.3 Å². The van der Waals surface area contributed by atoms with Gasteiger partial charge in [-0.1, -0.05) is 29.5 Å². The van der Waals surface area contributed by atoms with Gasteiger partial charge in [0.1, 0.15) is 11.8 Å². The molecule has 1 atom stereocenters. The maximum absolute atomic E-state index is 13.5. The van der Waals surface area contributed by atoms with Gasteiger partial charge in [-0.3, -0.25) is 0 Å². The molecule has 4 rings (SSSR count). The van der Waals surface area contributed by atoms with Crippen molar-refractivity contribution in [2.45, 2.75) is 57.9 Å². The standard InChI is InChI=1S/C26H31F2N5/c1-4-5-6-7-22-18(3)30-16-33-26(22)25(31-32-33)20-10-8-19(9-11-20)15-29-17(2)21-12-13-23(27)24(28)14-21/h4,6-7,12-14,16-17,19-20,29H,1,5,8-11,15H2,2-3H3/b7-6-. The van der Waals surface area contributed by atoms with E-state index in [1.165, 1.54) is 12.1 Å². The highest BCUT2D eigenvalue weighted by Crippen LogP contribution is 2.37. The molecule has 33 heavy (non-hydrogen) atoms. The normalized spacial score (nSPS) is 19.9. The third-order valence-electron chi connectivity index (χ3n) is 6.70. The molecule has 7 heteroatoms. The second-order valence-corrected chi connectivity index (χ2v) is 8.96. The fraction of sp³-hybridized carbons (Fsp3) is 0.423. The van der Waals surface area contributed by atoms with Crippen molar-refractivity contribution in [1.82, 2.24) is 25.1 Å². The molecule has 0 radical (unpaired) electrons. The minimum Gasteiger partial charge on any atom is -0.310 e. The van der Waals surface area contributed by atoms with Crippen LogP contribution in [0.25, 0.3) is 11.6 Å². The van der Waals surface area contributed by atoms with Gasteiger partial charge in [0.15, 0.2) is 11.6 Å². The topological polar surface area (TPSA) is 55.1 Å². The molecule has 1 aliphatic carbocycles. The van der Waals surface area contributed by atoms with E-state index in [-0.39, 0.29) is 6.04 Å². The van der Waals surface area contributed by atoms with E-state index in [9.17, 15) is 8.78 Å². The molecule has 0 aliphatic heterocycles. The molecule has 0 spiro atoms. The highest BCUT2D eigenvalue weighted by Gasteiger charge is 2.27. The first-order valence-corrected chi connectivity index (χ1v) is 11.6. The van der Waals surface area contributed by atoms with Crippen molar-refractivity contribution >= 4 is 11.6 Å². The number of hydrogen-bond acceptors (Lipinski definition) is 4. The van der Waals surface area contributed by atoms with E-state index in [1.807, 2.05) is 19.9 Å². The van der Waals surface area contributed by atoms with Crippen molar-refractivity contribution < 1.29 is 8.78 Å². The van der Waals surface area contributed by atoms with Crippen LogP contribution in [0, 0.1) is 24.5 Å². The Hall–Kier alpha value is -2.93. The quantitative estimate of drug-likeness (QED) is 0.432. The summed E-state index contributed by atoms with van der Waals surface area (Å²) in [5, 5.41) is 12.4. The average Bonchev–Trinajstić information content (AvgIpc) is 3.25. The van der Waals surface area contributed by atoms with Gasteiger partial charge in [-0.05, 0) is 76.1 Å². The minimum absolute atomic E-state index is 0.0282. The van der Waals surface area contributed by atoms with Crippen molar-refractivity contribution in [2.75, 3.05) is 6.54 Å². The van der Waals surface area contributed by atoms with E-state index in [2.05, 4.69) is 39.3 Å². The van der Waals surface area contributed by atoms with Crippen LogP contribution in [0.2, 0.25) is 0 Å². The molecule has 1 aromatic carbocycles. The Morgan fingerprint density at radius 3 is 2.73 bits per heavy atom. The Balaban J connectivity index is 1.40. The van der Waals surface area contributed by atoms with Gasteiger partial charge in [-0.15, -0.1) is 11.7 Å². The molecule has 0 bridgehead atoms. The van der Waals surface area contributed by atoms with Gasteiger partial charge in [0, 0.05) is 23.2 Å². The zero-order valence-electron chi connectivity index (χ0n) is 19.3. The third-order valence-corrected chi connectivity index (χ3v) is 6.70. The van der Waals surface area contributed by atoms with Crippen LogP contribution in [0.5, 0.6) is 0 Å². The lowest BCUT2D eigenvalue weighted by atomic mass is 9.80. The Labute approximate surface area is 193 Å². The lowest BCUT2D eigenvalue weighted by Gasteiger charge is -2.29. The second kappa shape index (κ2) is 10.3. The van der Waals surface area contributed by atoms with Gasteiger partial charge >= 0.3 is 0 Å². The highest BCUT2D eigenvalue weighted by molar-refractivity contribution is 5.73. The number of allylic oxidation sites excluding steroid dienone is 2. The summed E-state index contributed by atoms with van der Waals surface area (Å²) in [4.78, 5) is 4.46. The number of halogens is 2. The van der Waals surface area contributed by atoms with Crippen LogP contribution in [-0.2, 0) is 0 Å². The summed E-state index contributed by atoms with van der Waals surface area (Å²) in [5.41, 5.74) is 4.91. The van der Waals surface area contributed by atoms with Crippen LogP contribution in [0.4, 0.5) is 8.78 Å². The molecule has 0 amide bonds. The number of nitrogens with one attached hydrogen (secondary N) is 1. The molecular weight excluding hydrogens is 420 g/mol. The first kappa shape index (κ1) is 23.2. The molecule has 1 fully saturated rings. The van der Waals surface area contributed by atoms with Crippen LogP contribution in [0.15, 0.2) is 43.3 Å². The van der Waals surface area contributed by atoms with Gasteiger partial charge in [0.05, 0.1) is 5.69 Å². The average molecular weight is 452 g/mol. The lowest BCUT2D eigenvalue weighted by molar-refractivity contribution is 0.304. The molecule has 3 aromatic rings. The van der Waals surface area contributed by atoms with E-state index in [1.54, 1.807) is 16.9 Å². The summed E-state index contributed by atoms with van der Waals surface area (Å²) in [7, 11) is 0. The van der Waals surface area contributed by atoms with Crippen LogP contribution < -0.4 is 5.32 Å². The summed E-state index contributed by atoms with van der Waals surface area (Å²) in [5.74, 6) is -0.690. The number of fused-ring (bicyclic) bond motifs is 1. The molecule has 2 heterocycles. The van der Waals surface area contributed by atoms with Crippen molar-refractivity contribution in [3.63, 3.8) is 0 Å². The molecule has 2 aromatic heterocycles. The van der Waals surface area contributed by atoms with Crippen molar-refractivity contribution in [3.8, 4) is 0 Å². The van der Waals surface area contributed by atoms with Crippen LogP contribution in [0.1, 0.15) is 73.5 Å². The summed E-state index contributed by atoms with van der Waals surface area (Å²) in [6, 6.07) is 4.08. The fourth-order valence-electron chi connectivity index (χ4n) is 4.67. The summed E-state index contributed by atoms with van der Waals surface area (Å²) in [6.07, 6.45) is 12.9. The van der Waals surface area contributed by atoms with Crippen molar-refractivity contribution in [1.29, 1.82) is 0 Å². The predicted molar refractivity (Wildman–Crippen MR) is 127 cm³/mol. The van der Waals surface area contributed by atoms with E-state index in [0.29, 0.717) is 11.8 Å². The fourth-order valence-corrected chi connectivity index (χ4v) is 4.67. The molecule has 1 saturated carbocycles. The monoisotopic (exact) mass is 451 g/mol. The highest BCUT2D eigenvalue weighted by atomic mass is 19.2. The van der Waals surface area contributed by atoms with E-state index < -0.39 is 11.6 Å². The maximum Gasteiger partial charge on any atom is 0.159 e. The number of rotatable bonds is 8. The SMILES string of the molecule is C=CC/C=C\c1c(C)ncn2nnc(C3CCC(CNC(C)c4ccc(F)c(F)c4)CC3)c12. The number of hydrogen-bond donors (Lipinski definition) is 1. The number of benzene rings is 1. The molecule has 1 aliphatic rings. The predicted octanol–water partition coefficient (Wildman–Crippen LogP) is 5.92. The number of nitrogens with zero attached hydrogens (tertiary/aromatic N) is 4. The molecule has 0 saturated heterocycles. The number of aromatic nitrogens is 4. The van der Waals surface area contributed by atoms with Crippen LogP contribution in [0.3, 0.4) is 0 Å². The molecule has 1 N–H and O–H groups in total. The third kappa shape index (κ3) is 5.19. The minimum atomic E-state index is -0.809. The molecular formula is C26H31F2N5. The summed E-state index contributed by atoms with van der Waals surface area (Å²) in [6.45, 7) is 8.64.